The summed E-state index contributed by atoms with van der Waals surface area (Å²) in [5, 5.41) is 19.3. The third-order valence-corrected chi connectivity index (χ3v) is 4.17. The van der Waals surface area contributed by atoms with Gasteiger partial charge in [0, 0.05) is 17.1 Å². The Labute approximate surface area is 124 Å². The smallest absolute Gasteiger partial charge is 0.379 e. The van der Waals surface area contributed by atoms with E-state index in [4.69, 9.17) is 16.9 Å². The third kappa shape index (κ3) is 2.37. The lowest BCUT2D eigenvalue weighted by Gasteiger charge is -2.33. The molecule has 0 amide bonds. The van der Waals surface area contributed by atoms with E-state index in [0.29, 0.717) is 10.9 Å². The predicted octanol–water partition coefficient (Wildman–Crippen LogP) is 4.04. The molecule has 0 aliphatic rings. The summed E-state index contributed by atoms with van der Waals surface area (Å²) in [5.74, 6) is 0. The fourth-order valence-corrected chi connectivity index (χ4v) is 2.40. The lowest BCUT2D eigenvalue weighted by molar-refractivity contribution is -0.266. The van der Waals surface area contributed by atoms with Crippen molar-refractivity contribution < 1.29 is 18.3 Å². The minimum Gasteiger partial charge on any atom is -0.379 e. The van der Waals surface area contributed by atoms with Gasteiger partial charge in [-0.1, -0.05) is 11.6 Å². The van der Waals surface area contributed by atoms with Crippen LogP contribution in [0.2, 0.25) is 5.02 Å². The van der Waals surface area contributed by atoms with Crippen LogP contribution < -0.4 is 0 Å². The molecule has 1 aromatic carbocycles. The quantitative estimate of drug-likeness (QED) is 0.909. The normalized spacial score (nSPS) is 16.5. The first-order valence-corrected chi connectivity index (χ1v) is 6.47. The number of nitriles is 1. The van der Waals surface area contributed by atoms with Gasteiger partial charge in [0.2, 0.25) is 0 Å². The van der Waals surface area contributed by atoms with Crippen molar-refractivity contribution in [3.05, 3.63) is 35.0 Å². The van der Waals surface area contributed by atoms with Gasteiger partial charge >= 0.3 is 6.18 Å². The monoisotopic (exact) mass is 316 g/mol. The molecular formula is C14H12ClF3N2O. The van der Waals surface area contributed by atoms with E-state index in [2.05, 4.69) is 0 Å². The number of rotatable bonds is 2. The lowest BCUT2D eigenvalue weighted by atomic mass is 9.97. The molecule has 2 atom stereocenters. The summed E-state index contributed by atoms with van der Waals surface area (Å²) >= 11 is 6.04. The number of benzene rings is 1. The van der Waals surface area contributed by atoms with Crippen LogP contribution in [0.25, 0.3) is 10.9 Å². The molecule has 0 radical (unpaired) electrons. The molecule has 1 aromatic heterocycles. The zero-order valence-corrected chi connectivity index (χ0v) is 12.0. The summed E-state index contributed by atoms with van der Waals surface area (Å²) in [4.78, 5) is 0. The molecule has 0 saturated heterocycles. The van der Waals surface area contributed by atoms with Crippen molar-refractivity contribution in [3.63, 3.8) is 0 Å². The van der Waals surface area contributed by atoms with E-state index in [1.54, 1.807) is 0 Å². The van der Waals surface area contributed by atoms with Crippen LogP contribution in [0.3, 0.4) is 0 Å². The maximum Gasteiger partial charge on any atom is 0.418 e. The van der Waals surface area contributed by atoms with E-state index >= 15 is 0 Å². The second kappa shape index (κ2) is 4.93. The van der Waals surface area contributed by atoms with E-state index in [0.717, 1.165) is 6.92 Å². The minimum absolute atomic E-state index is 0.188. The van der Waals surface area contributed by atoms with Crippen molar-refractivity contribution in [2.45, 2.75) is 31.7 Å². The number of aromatic nitrogens is 1. The summed E-state index contributed by atoms with van der Waals surface area (Å²) in [6.07, 6.45) is -3.35. The first-order chi connectivity index (χ1) is 9.61. The molecule has 0 aliphatic heterocycles. The number of nitrogens with zero attached hydrogens (tertiary/aromatic N) is 2. The molecule has 1 N–H and O–H groups in total. The standard InChI is InChI=1S/C14H12ClF3N2O/c1-8(13(2,21)14(16,17)18)20-6-5-10-11(20)4-3-9(7-19)12(10)15/h3-6,8,21H,1-2H3. The van der Waals surface area contributed by atoms with E-state index in [1.807, 2.05) is 6.07 Å². The van der Waals surface area contributed by atoms with Crippen LogP contribution in [-0.4, -0.2) is 21.5 Å². The fraction of sp³-hybridized carbons (Fsp3) is 0.357. The predicted molar refractivity (Wildman–Crippen MR) is 73.1 cm³/mol. The zero-order valence-electron chi connectivity index (χ0n) is 11.2. The Morgan fingerprint density at radius 2 is 1.95 bits per heavy atom. The second-order valence-corrected chi connectivity index (χ2v) is 5.39. The molecule has 0 fully saturated rings. The topological polar surface area (TPSA) is 49.0 Å². The van der Waals surface area contributed by atoms with Crippen LogP contribution in [0.4, 0.5) is 13.2 Å². The van der Waals surface area contributed by atoms with E-state index < -0.39 is 17.8 Å². The Bertz CT molecular complexity index is 728. The van der Waals surface area contributed by atoms with Gasteiger partial charge in [0.05, 0.1) is 16.6 Å². The summed E-state index contributed by atoms with van der Waals surface area (Å²) in [6.45, 7) is 2.01. The molecular weight excluding hydrogens is 305 g/mol. The highest BCUT2D eigenvalue weighted by Crippen LogP contribution is 2.40. The molecule has 7 heteroatoms. The van der Waals surface area contributed by atoms with Gasteiger partial charge in [-0.25, -0.2) is 0 Å². The Kier molecular flexibility index (Phi) is 3.68. The maximum absolute atomic E-state index is 12.9. The van der Waals surface area contributed by atoms with Crippen molar-refractivity contribution in [3.8, 4) is 6.07 Å². The van der Waals surface area contributed by atoms with Gasteiger partial charge < -0.3 is 9.67 Å². The van der Waals surface area contributed by atoms with E-state index in [9.17, 15) is 18.3 Å². The summed E-state index contributed by atoms with van der Waals surface area (Å²) < 4.78 is 40.1. The van der Waals surface area contributed by atoms with Crippen LogP contribution in [0.15, 0.2) is 24.4 Å². The van der Waals surface area contributed by atoms with E-state index in [1.165, 1.54) is 35.9 Å². The summed E-state index contributed by atoms with van der Waals surface area (Å²) in [7, 11) is 0. The number of fused-ring (bicyclic) bond motifs is 1. The largest absolute Gasteiger partial charge is 0.418 e. The average molecular weight is 317 g/mol. The van der Waals surface area contributed by atoms with Gasteiger partial charge in [-0.3, -0.25) is 0 Å². The molecule has 21 heavy (non-hydrogen) atoms. The van der Waals surface area contributed by atoms with Gasteiger partial charge in [0.25, 0.3) is 0 Å². The van der Waals surface area contributed by atoms with Crippen molar-refractivity contribution in [2.24, 2.45) is 0 Å². The number of hydrogen-bond acceptors (Lipinski definition) is 2. The Hall–Kier alpha value is -1.71. The zero-order chi connectivity index (χ0) is 16.0. The third-order valence-electron chi connectivity index (χ3n) is 3.76. The van der Waals surface area contributed by atoms with Crippen molar-refractivity contribution in [1.29, 1.82) is 5.26 Å². The van der Waals surface area contributed by atoms with Crippen LogP contribution in [0, 0.1) is 11.3 Å². The van der Waals surface area contributed by atoms with Gasteiger partial charge in [-0.05, 0) is 32.0 Å². The molecule has 112 valence electrons. The molecule has 0 bridgehead atoms. The average Bonchev–Trinajstić information content (AvgIpc) is 2.81. The van der Waals surface area contributed by atoms with Crippen LogP contribution in [0.1, 0.15) is 25.5 Å². The number of alkyl halides is 3. The van der Waals surface area contributed by atoms with Crippen LogP contribution in [-0.2, 0) is 0 Å². The molecule has 2 aromatic rings. The molecule has 0 spiro atoms. The number of hydrogen-bond donors (Lipinski definition) is 1. The summed E-state index contributed by atoms with van der Waals surface area (Å²) in [5.41, 5.74) is -2.22. The Morgan fingerprint density at radius 3 is 2.48 bits per heavy atom. The first kappa shape index (κ1) is 15.7. The highest BCUT2D eigenvalue weighted by atomic mass is 35.5. The fourth-order valence-electron chi connectivity index (χ4n) is 2.13. The molecule has 1 heterocycles. The molecule has 3 nitrogen and oxygen atoms in total. The van der Waals surface area contributed by atoms with Crippen LogP contribution in [0.5, 0.6) is 0 Å². The van der Waals surface area contributed by atoms with Gasteiger partial charge in [0.15, 0.2) is 5.60 Å². The van der Waals surface area contributed by atoms with Crippen molar-refractivity contribution in [1.82, 2.24) is 4.57 Å². The molecule has 2 rings (SSSR count). The Morgan fingerprint density at radius 1 is 1.33 bits per heavy atom. The van der Waals surface area contributed by atoms with E-state index in [-0.39, 0.29) is 10.6 Å². The maximum atomic E-state index is 12.9. The molecule has 0 aliphatic carbocycles. The Balaban J connectivity index is 2.60. The minimum atomic E-state index is -4.76. The number of aliphatic hydroxyl groups is 1. The van der Waals surface area contributed by atoms with Crippen LogP contribution >= 0.6 is 11.6 Å². The highest BCUT2D eigenvalue weighted by Gasteiger charge is 2.54. The van der Waals surface area contributed by atoms with Gasteiger partial charge in [0.1, 0.15) is 6.07 Å². The first-order valence-electron chi connectivity index (χ1n) is 6.09. The molecule has 2 unspecified atom stereocenters. The summed E-state index contributed by atoms with van der Waals surface area (Å²) in [6, 6.07) is 5.15. The highest BCUT2D eigenvalue weighted by molar-refractivity contribution is 6.36. The van der Waals surface area contributed by atoms with Crippen molar-refractivity contribution in [2.75, 3.05) is 0 Å². The number of halogens is 4. The second-order valence-electron chi connectivity index (χ2n) is 5.02. The van der Waals surface area contributed by atoms with Gasteiger partial charge in [-0.15, -0.1) is 0 Å². The SMILES string of the molecule is CC(n1ccc2c(Cl)c(C#N)ccc21)C(C)(O)C(F)(F)F. The van der Waals surface area contributed by atoms with Gasteiger partial charge in [-0.2, -0.15) is 18.4 Å². The van der Waals surface area contributed by atoms with Crippen molar-refractivity contribution >= 4 is 22.5 Å². The molecule has 0 saturated carbocycles. The lowest BCUT2D eigenvalue weighted by Crippen LogP contribution is -2.48.